The molecule has 2 saturated heterocycles. The predicted octanol–water partition coefficient (Wildman–Crippen LogP) is 0.448. The van der Waals surface area contributed by atoms with E-state index in [0.29, 0.717) is 13.1 Å². The summed E-state index contributed by atoms with van der Waals surface area (Å²) in [6, 6.07) is 3.70. The summed E-state index contributed by atoms with van der Waals surface area (Å²) in [6.07, 6.45) is 6.53. The van der Waals surface area contributed by atoms with Gasteiger partial charge in [0.05, 0.1) is 18.6 Å². The number of carboxylic acids is 1. The van der Waals surface area contributed by atoms with Gasteiger partial charge in [-0.25, -0.2) is 0 Å². The van der Waals surface area contributed by atoms with Gasteiger partial charge >= 0.3 is 5.97 Å². The highest BCUT2D eigenvalue weighted by atomic mass is 16.5. The van der Waals surface area contributed by atoms with Crippen molar-refractivity contribution in [2.24, 2.45) is 11.8 Å². The average molecular weight is 286 g/mol. The van der Waals surface area contributed by atoms with Crippen LogP contribution in [0.2, 0.25) is 0 Å². The van der Waals surface area contributed by atoms with Crippen LogP contribution in [-0.2, 0) is 20.9 Å². The van der Waals surface area contributed by atoms with E-state index in [0.717, 1.165) is 5.56 Å². The van der Waals surface area contributed by atoms with Crippen molar-refractivity contribution in [3.05, 3.63) is 42.2 Å². The van der Waals surface area contributed by atoms with Gasteiger partial charge in [-0.3, -0.25) is 14.6 Å². The van der Waals surface area contributed by atoms with Crippen LogP contribution in [0, 0.1) is 11.8 Å². The molecule has 1 spiro atoms. The molecule has 0 aliphatic carbocycles. The van der Waals surface area contributed by atoms with Gasteiger partial charge in [0.1, 0.15) is 11.5 Å². The molecular formula is C15H14N2O4. The maximum atomic E-state index is 12.6. The number of amides is 1. The van der Waals surface area contributed by atoms with Gasteiger partial charge < -0.3 is 14.7 Å². The van der Waals surface area contributed by atoms with Gasteiger partial charge in [-0.15, -0.1) is 0 Å². The highest BCUT2D eigenvalue weighted by Gasteiger charge is 2.66. The number of carbonyl (C=O) groups is 2. The van der Waals surface area contributed by atoms with Crippen molar-refractivity contribution in [3.8, 4) is 0 Å². The highest BCUT2D eigenvalue weighted by Crippen LogP contribution is 2.52. The van der Waals surface area contributed by atoms with Crippen LogP contribution < -0.4 is 0 Å². The molecule has 4 atom stereocenters. The third-order valence-corrected chi connectivity index (χ3v) is 4.59. The monoisotopic (exact) mass is 286 g/mol. The molecule has 6 nitrogen and oxygen atoms in total. The van der Waals surface area contributed by atoms with E-state index in [1.54, 1.807) is 23.4 Å². The Bertz CT molecular complexity index is 644. The fourth-order valence-electron chi connectivity index (χ4n) is 3.70. The summed E-state index contributed by atoms with van der Waals surface area (Å²) >= 11 is 0. The number of carboxylic acid groups (broad SMARTS) is 1. The maximum absolute atomic E-state index is 12.6. The van der Waals surface area contributed by atoms with Crippen LogP contribution >= 0.6 is 0 Å². The molecule has 1 amide bonds. The second kappa shape index (κ2) is 4.14. The van der Waals surface area contributed by atoms with E-state index in [2.05, 4.69) is 4.98 Å². The fourth-order valence-corrected chi connectivity index (χ4v) is 3.70. The first-order valence-electron chi connectivity index (χ1n) is 6.88. The van der Waals surface area contributed by atoms with Gasteiger partial charge in [0.25, 0.3) is 0 Å². The number of fused-ring (bicyclic) bond motifs is 1. The van der Waals surface area contributed by atoms with Crippen molar-refractivity contribution in [3.63, 3.8) is 0 Å². The lowest BCUT2D eigenvalue weighted by atomic mass is 9.77. The number of pyridine rings is 1. The smallest absolute Gasteiger partial charge is 0.310 e. The van der Waals surface area contributed by atoms with Crippen molar-refractivity contribution in [2.75, 3.05) is 6.54 Å². The first-order chi connectivity index (χ1) is 10.1. The summed E-state index contributed by atoms with van der Waals surface area (Å²) in [6.45, 7) is 0.864. The number of nitrogens with zero attached hydrogens (tertiary/aromatic N) is 2. The third-order valence-electron chi connectivity index (χ3n) is 4.59. The third kappa shape index (κ3) is 1.65. The molecule has 108 valence electrons. The summed E-state index contributed by atoms with van der Waals surface area (Å²) in [4.78, 5) is 29.7. The minimum atomic E-state index is -0.963. The van der Waals surface area contributed by atoms with Crippen molar-refractivity contribution < 1.29 is 19.4 Å². The first-order valence-corrected chi connectivity index (χ1v) is 6.88. The number of ether oxygens (including phenoxy) is 1. The SMILES string of the molecule is O=C(O)[C@@H]1[C@H]2C=C[C@@]3(CN(Cc4ccncc4)C(=O)[C@@H]13)O2. The molecule has 0 unspecified atom stereocenters. The predicted molar refractivity (Wildman–Crippen MR) is 71.0 cm³/mol. The van der Waals surface area contributed by atoms with Gasteiger partial charge in [0.2, 0.25) is 5.91 Å². The van der Waals surface area contributed by atoms with Gasteiger partial charge in [-0.1, -0.05) is 12.2 Å². The van der Waals surface area contributed by atoms with E-state index in [-0.39, 0.29) is 5.91 Å². The van der Waals surface area contributed by atoms with Gasteiger partial charge in [-0.2, -0.15) is 0 Å². The van der Waals surface area contributed by atoms with E-state index < -0.39 is 29.5 Å². The second-order valence-electron chi connectivity index (χ2n) is 5.79. The lowest BCUT2D eigenvalue weighted by Gasteiger charge is -2.21. The number of aromatic nitrogens is 1. The standard InChI is InChI=1S/C15H14N2O4/c18-13-12-11(14(19)20)10-1-4-15(12,21-10)8-17(13)7-9-2-5-16-6-3-9/h1-6,10-12H,7-8H2,(H,19,20)/t10-,11-,12-,15+/m1/s1. The molecule has 1 N–H and O–H groups in total. The molecule has 0 aromatic carbocycles. The zero-order chi connectivity index (χ0) is 14.6. The molecule has 1 aromatic rings. The number of aliphatic carboxylic acids is 1. The number of rotatable bonds is 3. The van der Waals surface area contributed by atoms with Crippen molar-refractivity contribution in [1.82, 2.24) is 9.88 Å². The van der Waals surface area contributed by atoms with Crippen LogP contribution in [0.25, 0.3) is 0 Å². The van der Waals surface area contributed by atoms with Crippen LogP contribution in [0.4, 0.5) is 0 Å². The molecule has 2 bridgehead atoms. The van der Waals surface area contributed by atoms with Crippen LogP contribution in [0.5, 0.6) is 0 Å². The lowest BCUT2D eigenvalue weighted by molar-refractivity contribution is -0.148. The number of hydrogen-bond acceptors (Lipinski definition) is 4. The molecule has 4 rings (SSSR count). The van der Waals surface area contributed by atoms with E-state index in [1.165, 1.54) is 0 Å². The van der Waals surface area contributed by atoms with Gasteiger partial charge in [-0.05, 0) is 17.7 Å². The number of likely N-dealkylation sites (tertiary alicyclic amines) is 1. The van der Waals surface area contributed by atoms with Crippen molar-refractivity contribution in [2.45, 2.75) is 18.2 Å². The summed E-state index contributed by atoms with van der Waals surface area (Å²) in [5.41, 5.74) is 0.220. The van der Waals surface area contributed by atoms with Crippen LogP contribution in [0.15, 0.2) is 36.7 Å². The maximum Gasteiger partial charge on any atom is 0.310 e. The molecule has 3 aliphatic rings. The Morgan fingerprint density at radius 1 is 1.48 bits per heavy atom. The fraction of sp³-hybridized carbons (Fsp3) is 0.400. The molecule has 1 aromatic heterocycles. The highest BCUT2D eigenvalue weighted by molar-refractivity contribution is 5.90. The van der Waals surface area contributed by atoms with E-state index in [1.807, 2.05) is 18.2 Å². The zero-order valence-electron chi connectivity index (χ0n) is 11.2. The topological polar surface area (TPSA) is 79.7 Å². The molecule has 0 radical (unpaired) electrons. The summed E-state index contributed by atoms with van der Waals surface area (Å²) in [7, 11) is 0. The van der Waals surface area contributed by atoms with Crippen molar-refractivity contribution in [1.29, 1.82) is 0 Å². The van der Waals surface area contributed by atoms with Crippen molar-refractivity contribution >= 4 is 11.9 Å². The number of carbonyl (C=O) groups excluding carboxylic acids is 1. The minimum Gasteiger partial charge on any atom is -0.481 e. The van der Waals surface area contributed by atoms with Crippen LogP contribution in [-0.4, -0.2) is 45.1 Å². The quantitative estimate of drug-likeness (QED) is 0.816. The van der Waals surface area contributed by atoms with Gasteiger partial charge in [0, 0.05) is 18.9 Å². The Balaban J connectivity index is 1.63. The Morgan fingerprint density at radius 2 is 2.24 bits per heavy atom. The molecule has 0 saturated carbocycles. The Labute approximate surface area is 121 Å². The van der Waals surface area contributed by atoms with E-state index in [4.69, 9.17) is 4.74 Å². The summed E-state index contributed by atoms with van der Waals surface area (Å²) in [5, 5.41) is 9.38. The molecule has 21 heavy (non-hydrogen) atoms. The molecule has 3 aliphatic heterocycles. The molecule has 4 heterocycles. The Kier molecular flexibility index (Phi) is 2.47. The summed E-state index contributed by atoms with van der Waals surface area (Å²) < 4.78 is 5.83. The number of hydrogen-bond donors (Lipinski definition) is 1. The largest absolute Gasteiger partial charge is 0.481 e. The van der Waals surface area contributed by atoms with E-state index >= 15 is 0 Å². The molecule has 2 fully saturated rings. The Hall–Kier alpha value is -2.21. The Morgan fingerprint density at radius 3 is 2.95 bits per heavy atom. The van der Waals surface area contributed by atoms with E-state index in [9.17, 15) is 14.7 Å². The average Bonchev–Trinajstić information content (AvgIpc) is 3.09. The lowest BCUT2D eigenvalue weighted by Crippen LogP contribution is -2.39. The minimum absolute atomic E-state index is 0.133. The van der Waals surface area contributed by atoms with Gasteiger partial charge in [0.15, 0.2) is 0 Å². The second-order valence-corrected chi connectivity index (χ2v) is 5.79. The summed E-state index contributed by atoms with van der Waals surface area (Å²) in [5.74, 6) is -2.47. The molecule has 6 heteroatoms. The first kappa shape index (κ1) is 12.5. The van der Waals surface area contributed by atoms with Crippen LogP contribution in [0.1, 0.15) is 5.56 Å². The molecular weight excluding hydrogens is 272 g/mol. The van der Waals surface area contributed by atoms with Crippen LogP contribution in [0.3, 0.4) is 0 Å². The zero-order valence-corrected chi connectivity index (χ0v) is 11.2. The normalized spacial score (nSPS) is 36.3.